The van der Waals surface area contributed by atoms with Gasteiger partial charge in [0.25, 0.3) is 5.91 Å². The number of halogens is 1. The van der Waals surface area contributed by atoms with E-state index < -0.39 is 30.3 Å². The van der Waals surface area contributed by atoms with Crippen LogP contribution in [0.15, 0.2) is 48.5 Å². The van der Waals surface area contributed by atoms with E-state index >= 15 is 0 Å². The van der Waals surface area contributed by atoms with Crippen LogP contribution in [-0.2, 0) is 25.5 Å². The van der Waals surface area contributed by atoms with Gasteiger partial charge in [-0.15, -0.1) is 0 Å². The van der Waals surface area contributed by atoms with E-state index in [1.54, 1.807) is 18.2 Å². The third-order valence-corrected chi connectivity index (χ3v) is 3.26. The SMILES string of the molecule is COC(=O)c1ccccc1NC(=O)COC(=O)Cc1ccccc1F. The second-order valence-electron chi connectivity index (χ2n) is 5.01. The molecule has 2 rings (SSSR count). The molecular weight excluding hydrogens is 329 g/mol. The van der Waals surface area contributed by atoms with E-state index in [0.29, 0.717) is 0 Å². The minimum atomic E-state index is -0.735. The summed E-state index contributed by atoms with van der Waals surface area (Å²) < 4.78 is 22.9. The Bertz CT molecular complexity index is 791. The van der Waals surface area contributed by atoms with E-state index in [1.807, 2.05) is 0 Å². The average Bonchev–Trinajstić information content (AvgIpc) is 2.62. The zero-order valence-electron chi connectivity index (χ0n) is 13.5. The van der Waals surface area contributed by atoms with Crippen molar-refractivity contribution in [1.29, 1.82) is 0 Å². The third-order valence-electron chi connectivity index (χ3n) is 3.26. The number of methoxy groups -OCH3 is 1. The van der Waals surface area contributed by atoms with Gasteiger partial charge < -0.3 is 14.8 Å². The normalized spacial score (nSPS) is 10.0. The Morgan fingerprint density at radius 3 is 2.44 bits per heavy atom. The maximum absolute atomic E-state index is 13.5. The van der Waals surface area contributed by atoms with E-state index in [9.17, 15) is 18.8 Å². The predicted molar refractivity (Wildman–Crippen MR) is 87.5 cm³/mol. The van der Waals surface area contributed by atoms with Gasteiger partial charge in [-0.05, 0) is 23.8 Å². The number of anilines is 1. The number of para-hydroxylation sites is 1. The smallest absolute Gasteiger partial charge is 0.339 e. The monoisotopic (exact) mass is 345 g/mol. The number of rotatable bonds is 6. The topological polar surface area (TPSA) is 81.7 Å². The van der Waals surface area contributed by atoms with Crippen LogP contribution in [0.2, 0.25) is 0 Å². The molecule has 130 valence electrons. The summed E-state index contributed by atoms with van der Waals surface area (Å²) in [5.41, 5.74) is 0.601. The minimum absolute atomic E-state index is 0.177. The van der Waals surface area contributed by atoms with Crippen LogP contribution in [0, 0.1) is 5.82 Å². The Balaban J connectivity index is 1.90. The van der Waals surface area contributed by atoms with Crippen molar-refractivity contribution < 1.29 is 28.2 Å². The number of hydrogen-bond acceptors (Lipinski definition) is 5. The van der Waals surface area contributed by atoms with Gasteiger partial charge in [0.1, 0.15) is 5.82 Å². The first-order valence-corrected chi connectivity index (χ1v) is 7.37. The van der Waals surface area contributed by atoms with Crippen LogP contribution in [0.25, 0.3) is 0 Å². The lowest BCUT2D eigenvalue weighted by Gasteiger charge is -2.10. The van der Waals surface area contributed by atoms with Crippen LogP contribution in [0.5, 0.6) is 0 Å². The van der Waals surface area contributed by atoms with Crippen LogP contribution in [0.4, 0.5) is 10.1 Å². The summed E-state index contributed by atoms with van der Waals surface area (Å²) in [5.74, 6) is -2.48. The number of nitrogens with one attached hydrogen (secondary N) is 1. The highest BCUT2D eigenvalue weighted by Crippen LogP contribution is 2.16. The Hall–Kier alpha value is -3.22. The van der Waals surface area contributed by atoms with Crippen LogP contribution >= 0.6 is 0 Å². The Morgan fingerprint density at radius 1 is 1.04 bits per heavy atom. The van der Waals surface area contributed by atoms with Gasteiger partial charge in [-0.1, -0.05) is 30.3 Å². The molecule has 2 aromatic rings. The lowest BCUT2D eigenvalue weighted by molar-refractivity contribution is -0.146. The summed E-state index contributed by atoms with van der Waals surface area (Å²) in [5, 5.41) is 2.47. The molecule has 0 fully saturated rings. The molecule has 0 bridgehead atoms. The van der Waals surface area contributed by atoms with Crippen molar-refractivity contribution in [1.82, 2.24) is 0 Å². The van der Waals surface area contributed by atoms with Gasteiger partial charge in [0.15, 0.2) is 6.61 Å². The summed E-state index contributed by atoms with van der Waals surface area (Å²) >= 11 is 0. The Morgan fingerprint density at radius 2 is 1.72 bits per heavy atom. The first-order chi connectivity index (χ1) is 12.0. The van der Waals surface area contributed by atoms with E-state index in [0.717, 1.165) is 0 Å². The fourth-order valence-corrected chi connectivity index (χ4v) is 2.06. The largest absolute Gasteiger partial charge is 0.465 e. The highest BCUT2D eigenvalue weighted by atomic mass is 19.1. The average molecular weight is 345 g/mol. The first kappa shape index (κ1) is 18.1. The van der Waals surface area contributed by atoms with Crippen molar-refractivity contribution in [2.45, 2.75) is 6.42 Å². The number of carbonyl (C=O) groups excluding carboxylic acids is 3. The van der Waals surface area contributed by atoms with E-state index in [1.165, 1.54) is 37.4 Å². The van der Waals surface area contributed by atoms with Crippen LogP contribution in [-0.4, -0.2) is 31.6 Å². The van der Waals surface area contributed by atoms with Crippen molar-refractivity contribution in [2.75, 3.05) is 19.0 Å². The standard InChI is InChI=1S/C18H16FNO5/c1-24-18(23)13-7-3-5-9-15(13)20-16(21)11-25-17(22)10-12-6-2-4-8-14(12)19/h2-9H,10-11H2,1H3,(H,20,21). The number of carbonyl (C=O) groups is 3. The first-order valence-electron chi connectivity index (χ1n) is 7.37. The van der Waals surface area contributed by atoms with E-state index in [-0.39, 0.29) is 23.2 Å². The fourth-order valence-electron chi connectivity index (χ4n) is 2.06. The Kier molecular flexibility index (Phi) is 6.22. The van der Waals surface area contributed by atoms with Crippen LogP contribution < -0.4 is 5.32 Å². The second-order valence-corrected chi connectivity index (χ2v) is 5.01. The summed E-state index contributed by atoms with van der Waals surface area (Å²) in [4.78, 5) is 35.2. The van der Waals surface area contributed by atoms with Crippen molar-refractivity contribution >= 4 is 23.5 Å². The maximum Gasteiger partial charge on any atom is 0.339 e. The number of benzene rings is 2. The van der Waals surface area contributed by atoms with Gasteiger partial charge in [-0.2, -0.15) is 0 Å². The van der Waals surface area contributed by atoms with Crippen LogP contribution in [0.3, 0.4) is 0 Å². The molecule has 25 heavy (non-hydrogen) atoms. The molecule has 0 saturated carbocycles. The molecule has 0 unspecified atom stereocenters. The van der Waals surface area contributed by atoms with Crippen molar-refractivity contribution in [3.63, 3.8) is 0 Å². The van der Waals surface area contributed by atoms with Gasteiger partial charge in [-0.25, -0.2) is 9.18 Å². The summed E-state index contributed by atoms with van der Waals surface area (Å²) in [6, 6.07) is 12.1. The van der Waals surface area contributed by atoms with Crippen LogP contribution in [0.1, 0.15) is 15.9 Å². The van der Waals surface area contributed by atoms with Gasteiger partial charge in [0.05, 0.1) is 24.8 Å². The molecule has 0 atom stereocenters. The molecule has 0 radical (unpaired) electrons. The molecule has 0 heterocycles. The van der Waals surface area contributed by atoms with Gasteiger partial charge in [0, 0.05) is 0 Å². The van der Waals surface area contributed by atoms with Gasteiger partial charge in [0.2, 0.25) is 0 Å². The molecule has 2 aromatic carbocycles. The predicted octanol–water partition coefficient (Wildman–Crippen LogP) is 2.34. The quantitative estimate of drug-likeness (QED) is 0.813. The molecule has 0 aliphatic heterocycles. The Labute approximate surface area is 143 Å². The van der Waals surface area contributed by atoms with E-state index in [2.05, 4.69) is 10.1 Å². The lowest BCUT2D eigenvalue weighted by Crippen LogP contribution is -2.23. The molecule has 6 nitrogen and oxygen atoms in total. The molecule has 7 heteroatoms. The van der Waals surface area contributed by atoms with E-state index in [4.69, 9.17) is 4.74 Å². The summed E-state index contributed by atoms with van der Waals surface area (Å²) in [6.07, 6.45) is -0.279. The second kappa shape index (κ2) is 8.58. The van der Waals surface area contributed by atoms with Gasteiger partial charge >= 0.3 is 11.9 Å². The van der Waals surface area contributed by atoms with Crippen molar-refractivity contribution in [2.24, 2.45) is 0 Å². The fraction of sp³-hybridized carbons (Fsp3) is 0.167. The zero-order chi connectivity index (χ0) is 18.2. The summed E-state index contributed by atoms with van der Waals surface area (Å²) in [6.45, 7) is -0.553. The van der Waals surface area contributed by atoms with Crippen molar-refractivity contribution in [3.8, 4) is 0 Å². The van der Waals surface area contributed by atoms with Crippen molar-refractivity contribution in [3.05, 3.63) is 65.5 Å². The molecule has 1 amide bonds. The molecule has 0 spiro atoms. The molecular formula is C18H16FNO5. The molecule has 1 N–H and O–H groups in total. The number of hydrogen-bond donors (Lipinski definition) is 1. The number of amides is 1. The maximum atomic E-state index is 13.5. The number of ether oxygens (including phenoxy) is 2. The van der Waals surface area contributed by atoms with Gasteiger partial charge in [-0.3, -0.25) is 9.59 Å². The highest BCUT2D eigenvalue weighted by Gasteiger charge is 2.15. The molecule has 0 aliphatic carbocycles. The molecule has 0 saturated heterocycles. The highest BCUT2D eigenvalue weighted by molar-refractivity contribution is 6.01. The lowest BCUT2D eigenvalue weighted by atomic mass is 10.1. The minimum Gasteiger partial charge on any atom is -0.465 e. The summed E-state index contributed by atoms with van der Waals surface area (Å²) in [7, 11) is 1.23. The number of esters is 2. The molecule has 0 aliphatic rings. The molecule has 0 aromatic heterocycles. The zero-order valence-corrected chi connectivity index (χ0v) is 13.5. The third kappa shape index (κ3) is 5.13.